The Labute approximate surface area is 211 Å². The SMILES string of the molecule is CSc1ccccc1C(=O)N1CCC(C2(CCC(C)C)NC(=O)N(Cc3ccccn3)C2=O)CC1. The van der Waals surface area contributed by atoms with Crippen LogP contribution in [-0.4, -0.2) is 57.5 Å². The normalized spacial score (nSPS) is 21.0. The third-order valence-corrected chi connectivity index (χ3v) is 7.98. The summed E-state index contributed by atoms with van der Waals surface area (Å²) in [5.41, 5.74) is 0.478. The van der Waals surface area contributed by atoms with Crippen LogP contribution in [0.2, 0.25) is 0 Å². The maximum absolute atomic E-state index is 13.8. The van der Waals surface area contributed by atoms with Gasteiger partial charge in [0.1, 0.15) is 5.54 Å². The van der Waals surface area contributed by atoms with Crippen molar-refractivity contribution in [2.24, 2.45) is 11.8 Å². The Kier molecular flexibility index (Phi) is 7.79. The fourth-order valence-electron chi connectivity index (χ4n) is 5.18. The molecular weight excluding hydrogens is 460 g/mol. The van der Waals surface area contributed by atoms with Crippen LogP contribution in [-0.2, 0) is 11.3 Å². The quantitative estimate of drug-likeness (QED) is 0.429. The van der Waals surface area contributed by atoms with Crippen molar-refractivity contribution in [3.8, 4) is 0 Å². The summed E-state index contributed by atoms with van der Waals surface area (Å²) in [5.74, 6) is 0.256. The van der Waals surface area contributed by atoms with Crippen molar-refractivity contribution in [3.63, 3.8) is 0 Å². The highest BCUT2D eigenvalue weighted by Gasteiger charge is 2.55. The van der Waals surface area contributed by atoms with Crippen LogP contribution in [0.5, 0.6) is 0 Å². The number of nitrogens with one attached hydrogen (secondary N) is 1. The van der Waals surface area contributed by atoms with E-state index in [1.165, 1.54) is 4.90 Å². The molecule has 0 aliphatic carbocycles. The van der Waals surface area contributed by atoms with Crippen molar-refractivity contribution >= 4 is 29.6 Å². The molecule has 2 saturated heterocycles. The van der Waals surface area contributed by atoms with Crippen LogP contribution < -0.4 is 5.32 Å². The molecule has 1 N–H and O–H groups in total. The van der Waals surface area contributed by atoms with E-state index in [1.54, 1.807) is 18.0 Å². The maximum atomic E-state index is 13.8. The highest BCUT2D eigenvalue weighted by molar-refractivity contribution is 7.98. The number of amides is 4. The molecule has 1 aromatic heterocycles. The lowest BCUT2D eigenvalue weighted by atomic mass is 9.73. The lowest BCUT2D eigenvalue weighted by Crippen LogP contribution is -2.56. The molecule has 2 aliphatic rings. The molecule has 8 heteroatoms. The van der Waals surface area contributed by atoms with Gasteiger partial charge < -0.3 is 10.2 Å². The molecule has 3 heterocycles. The van der Waals surface area contributed by atoms with Crippen molar-refractivity contribution in [2.75, 3.05) is 19.3 Å². The zero-order chi connectivity index (χ0) is 25.0. The monoisotopic (exact) mass is 494 g/mol. The van der Waals surface area contributed by atoms with Crippen LogP contribution in [0, 0.1) is 11.8 Å². The summed E-state index contributed by atoms with van der Waals surface area (Å²) >= 11 is 1.57. The highest BCUT2D eigenvalue weighted by Crippen LogP contribution is 2.38. The lowest BCUT2D eigenvalue weighted by Gasteiger charge is -2.41. The number of rotatable bonds is 8. The first-order chi connectivity index (χ1) is 16.9. The number of piperidine rings is 1. The van der Waals surface area contributed by atoms with E-state index in [2.05, 4.69) is 24.1 Å². The number of carbonyl (C=O) groups is 3. The number of carbonyl (C=O) groups excluding carboxylic acids is 3. The van der Waals surface area contributed by atoms with Gasteiger partial charge >= 0.3 is 6.03 Å². The Bertz CT molecular complexity index is 1070. The van der Waals surface area contributed by atoms with E-state index in [4.69, 9.17) is 0 Å². The van der Waals surface area contributed by atoms with E-state index >= 15 is 0 Å². The minimum atomic E-state index is -0.928. The molecule has 2 aliphatic heterocycles. The fraction of sp³-hybridized carbons (Fsp3) is 0.481. The molecule has 7 nitrogen and oxygen atoms in total. The van der Waals surface area contributed by atoms with Gasteiger partial charge in [0.25, 0.3) is 11.8 Å². The van der Waals surface area contributed by atoms with Gasteiger partial charge in [0.15, 0.2) is 0 Å². The summed E-state index contributed by atoms with van der Waals surface area (Å²) in [4.78, 5) is 48.5. The minimum Gasteiger partial charge on any atom is -0.339 e. The van der Waals surface area contributed by atoms with Gasteiger partial charge in [-0.25, -0.2) is 4.79 Å². The average molecular weight is 495 g/mol. The van der Waals surface area contributed by atoms with Gasteiger partial charge in [-0.3, -0.25) is 19.5 Å². The van der Waals surface area contributed by atoms with Crippen LogP contribution >= 0.6 is 11.8 Å². The Morgan fingerprint density at radius 2 is 1.86 bits per heavy atom. The van der Waals surface area contributed by atoms with E-state index in [0.29, 0.717) is 44.0 Å². The molecule has 1 unspecified atom stereocenters. The van der Waals surface area contributed by atoms with Crippen molar-refractivity contribution in [1.29, 1.82) is 0 Å². The summed E-state index contributed by atoms with van der Waals surface area (Å²) in [6, 6.07) is 12.8. The Hall–Kier alpha value is -2.87. The smallest absolute Gasteiger partial charge is 0.325 e. The number of benzene rings is 1. The van der Waals surface area contributed by atoms with E-state index in [9.17, 15) is 14.4 Å². The van der Waals surface area contributed by atoms with Crippen LogP contribution in [0.3, 0.4) is 0 Å². The summed E-state index contributed by atoms with van der Waals surface area (Å²) in [6.45, 7) is 5.56. The second-order valence-electron chi connectivity index (χ2n) is 9.81. The topological polar surface area (TPSA) is 82.6 Å². The van der Waals surface area contributed by atoms with Crippen molar-refractivity contribution in [1.82, 2.24) is 20.1 Å². The molecular formula is C27H34N4O3S. The molecule has 2 aromatic rings. The summed E-state index contributed by atoms with van der Waals surface area (Å²) in [7, 11) is 0. The van der Waals surface area contributed by atoms with Crippen LogP contribution in [0.4, 0.5) is 4.79 Å². The second kappa shape index (κ2) is 10.8. The molecule has 4 rings (SSSR count). The summed E-state index contributed by atoms with van der Waals surface area (Å²) in [5, 5.41) is 3.11. The second-order valence-corrected chi connectivity index (χ2v) is 10.7. The predicted molar refractivity (Wildman–Crippen MR) is 137 cm³/mol. The van der Waals surface area contributed by atoms with E-state index in [-0.39, 0.29) is 30.3 Å². The van der Waals surface area contributed by atoms with Gasteiger partial charge in [0, 0.05) is 24.2 Å². The number of aromatic nitrogens is 1. The molecule has 35 heavy (non-hydrogen) atoms. The fourth-order valence-corrected chi connectivity index (χ4v) is 5.77. The molecule has 4 amide bonds. The van der Waals surface area contributed by atoms with Gasteiger partial charge in [-0.2, -0.15) is 0 Å². The van der Waals surface area contributed by atoms with E-state index in [0.717, 1.165) is 16.9 Å². The Morgan fingerprint density at radius 3 is 2.51 bits per heavy atom. The number of urea groups is 1. The maximum Gasteiger partial charge on any atom is 0.325 e. The van der Waals surface area contributed by atoms with Crippen LogP contribution in [0.1, 0.15) is 55.6 Å². The third-order valence-electron chi connectivity index (χ3n) is 7.18. The van der Waals surface area contributed by atoms with Crippen LogP contribution in [0.25, 0.3) is 0 Å². The first kappa shape index (κ1) is 25.2. The molecule has 1 atom stereocenters. The van der Waals surface area contributed by atoms with E-state index in [1.807, 2.05) is 53.6 Å². The molecule has 0 spiro atoms. The molecule has 0 saturated carbocycles. The Morgan fingerprint density at radius 1 is 1.14 bits per heavy atom. The number of pyridine rings is 1. The van der Waals surface area contributed by atoms with Gasteiger partial charge in [0.2, 0.25) is 0 Å². The Balaban J connectivity index is 1.51. The number of hydrogen-bond donors (Lipinski definition) is 1. The zero-order valence-electron chi connectivity index (χ0n) is 20.7. The van der Waals surface area contributed by atoms with Crippen molar-refractivity contribution in [2.45, 2.75) is 56.5 Å². The average Bonchev–Trinajstić information content (AvgIpc) is 3.12. The van der Waals surface area contributed by atoms with Gasteiger partial charge in [-0.1, -0.05) is 32.0 Å². The highest BCUT2D eigenvalue weighted by atomic mass is 32.2. The number of likely N-dealkylation sites (tertiary alicyclic amines) is 1. The molecule has 0 radical (unpaired) electrons. The van der Waals surface area contributed by atoms with Gasteiger partial charge in [-0.15, -0.1) is 11.8 Å². The van der Waals surface area contributed by atoms with Crippen molar-refractivity contribution in [3.05, 3.63) is 59.9 Å². The zero-order valence-corrected chi connectivity index (χ0v) is 21.5. The van der Waals surface area contributed by atoms with Gasteiger partial charge in [0.05, 0.1) is 17.8 Å². The molecule has 2 fully saturated rings. The number of nitrogens with zero attached hydrogens (tertiary/aromatic N) is 3. The minimum absolute atomic E-state index is 0.0220. The van der Waals surface area contributed by atoms with Crippen LogP contribution in [0.15, 0.2) is 53.6 Å². The summed E-state index contributed by atoms with van der Waals surface area (Å²) < 4.78 is 0. The first-order valence-corrected chi connectivity index (χ1v) is 13.5. The molecule has 0 bridgehead atoms. The standard InChI is InChI=1S/C27H34N4O3S/c1-19(2)11-14-27(25(33)31(26(34)29-27)18-21-8-6-7-15-28-21)20-12-16-30(17-13-20)24(32)22-9-4-5-10-23(22)35-3/h4-10,15,19-20H,11-14,16-18H2,1-3H3,(H,29,34). The van der Waals surface area contributed by atoms with E-state index < -0.39 is 5.54 Å². The number of imide groups is 1. The predicted octanol–water partition coefficient (Wildman–Crippen LogP) is 4.58. The number of hydrogen-bond acceptors (Lipinski definition) is 5. The summed E-state index contributed by atoms with van der Waals surface area (Å²) in [6.07, 6.45) is 6.43. The number of thioether (sulfide) groups is 1. The first-order valence-electron chi connectivity index (χ1n) is 12.3. The third kappa shape index (κ3) is 5.22. The molecule has 1 aromatic carbocycles. The van der Waals surface area contributed by atoms with Gasteiger partial charge in [-0.05, 0) is 68.0 Å². The van der Waals surface area contributed by atoms with Crippen molar-refractivity contribution < 1.29 is 14.4 Å². The lowest BCUT2D eigenvalue weighted by molar-refractivity contribution is -0.134. The molecule has 186 valence electrons. The largest absolute Gasteiger partial charge is 0.339 e.